The van der Waals surface area contributed by atoms with E-state index in [0.717, 1.165) is 23.2 Å². The summed E-state index contributed by atoms with van der Waals surface area (Å²) in [5.41, 5.74) is 3.69. The van der Waals surface area contributed by atoms with Crippen molar-refractivity contribution in [2.45, 2.75) is 32.0 Å². The molecule has 1 aromatic carbocycles. The molecule has 2 heterocycles. The molecule has 7 nitrogen and oxygen atoms in total. The Morgan fingerprint density at radius 2 is 2.18 bits per heavy atom. The maximum atomic E-state index is 12.5. The van der Waals surface area contributed by atoms with Crippen LogP contribution >= 0.6 is 11.8 Å². The van der Waals surface area contributed by atoms with Gasteiger partial charge in [0.1, 0.15) is 5.69 Å². The van der Waals surface area contributed by atoms with E-state index in [0.29, 0.717) is 23.2 Å². The topological polar surface area (TPSA) is 85.6 Å². The molecule has 8 heteroatoms. The van der Waals surface area contributed by atoms with Crippen LogP contribution in [0.4, 0.5) is 5.69 Å². The summed E-state index contributed by atoms with van der Waals surface area (Å²) in [5.74, 6) is 0.749. The Hall–Kier alpha value is -3.00. The molecule has 0 aliphatic carbocycles. The highest BCUT2D eigenvalue weighted by molar-refractivity contribution is 7.99. The monoisotopic (exact) mass is 394 g/mol. The molecule has 0 spiro atoms. The molecule has 0 fully saturated rings. The largest absolute Gasteiger partial charge is 0.325 e. The standard InChI is InChI=1S/C20H22N6OS/c1-4-11-26-19(16-12-21-9-10-22-16)24-25-20(26)28-13-17(27)23-18-14(3)7-6-8-15(18)5-2/h4,6-10,12H,1,5,11,13H2,2-3H3,(H,23,27). The van der Waals surface area contributed by atoms with E-state index in [1.54, 1.807) is 24.7 Å². The molecule has 0 aliphatic heterocycles. The van der Waals surface area contributed by atoms with Crippen LogP contribution < -0.4 is 5.32 Å². The molecule has 1 amide bonds. The van der Waals surface area contributed by atoms with Gasteiger partial charge in [0.2, 0.25) is 5.91 Å². The fourth-order valence-electron chi connectivity index (χ4n) is 2.80. The highest BCUT2D eigenvalue weighted by Gasteiger charge is 2.16. The van der Waals surface area contributed by atoms with Crippen LogP contribution in [0.15, 0.2) is 54.6 Å². The lowest BCUT2D eigenvalue weighted by Crippen LogP contribution is -2.16. The Morgan fingerprint density at radius 1 is 1.32 bits per heavy atom. The molecule has 2 aromatic heterocycles. The number of anilines is 1. The van der Waals surface area contributed by atoms with Gasteiger partial charge in [0.15, 0.2) is 11.0 Å². The summed E-state index contributed by atoms with van der Waals surface area (Å²) in [5, 5.41) is 12.1. The van der Waals surface area contributed by atoms with Crippen LogP contribution in [-0.4, -0.2) is 36.4 Å². The Kier molecular flexibility index (Phi) is 6.54. The zero-order valence-electron chi connectivity index (χ0n) is 15.9. The van der Waals surface area contributed by atoms with Gasteiger partial charge in [-0.05, 0) is 24.5 Å². The maximum Gasteiger partial charge on any atom is 0.234 e. The smallest absolute Gasteiger partial charge is 0.234 e. The molecule has 1 N–H and O–H groups in total. The van der Waals surface area contributed by atoms with Crippen LogP contribution in [0, 0.1) is 6.92 Å². The number of amides is 1. The summed E-state index contributed by atoms with van der Waals surface area (Å²) in [6, 6.07) is 6.03. The van der Waals surface area contributed by atoms with Crippen LogP contribution in [0.25, 0.3) is 11.5 Å². The lowest BCUT2D eigenvalue weighted by Gasteiger charge is -2.13. The zero-order valence-corrected chi connectivity index (χ0v) is 16.7. The van der Waals surface area contributed by atoms with Crippen LogP contribution in [0.2, 0.25) is 0 Å². The van der Waals surface area contributed by atoms with E-state index in [1.807, 2.05) is 29.7 Å². The number of hydrogen-bond acceptors (Lipinski definition) is 6. The number of nitrogens with zero attached hydrogens (tertiary/aromatic N) is 5. The van der Waals surface area contributed by atoms with Crippen molar-refractivity contribution in [2.24, 2.45) is 0 Å². The number of para-hydroxylation sites is 1. The summed E-state index contributed by atoms with van der Waals surface area (Å²) < 4.78 is 1.88. The van der Waals surface area contributed by atoms with Crippen molar-refractivity contribution < 1.29 is 4.79 Å². The normalized spacial score (nSPS) is 10.6. The van der Waals surface area contributed by atoms with Gasteiger partial charge in [0.05, 0.1) is 11.9 Å². The Balaban J connectivity index is 1.73. The minimum absolute atomic E-state index is 0.0804. The predicted molar refractivity (Wildman–Crippen MR) is 111 cm³/mol. The maximum absolute atomic E-state index is 12.5. The number of nitrogens with one attached hydrogen (secondary N) is 1. The van der Waals surface area contributed by atoms with Gasteiger partial charge >= 0.3 is 0 Å². The average Bonchev–Trinajstić information content (AvgIpc) is 3.11. The molecule has 0 saturated carbocycles. The van der Waals surface area contributed by atoms with Crippen molar-refractivity contribution >= 4 is 23.4 Å². The van der Waals surface area contributed by atoms with Gasteiger partial charge < -0.3 is 5.32 Å². The Morgan fingerprint density at radius 3 is 2.89 bits per heavy atom. The van der Waals surface area contributed by atoms with Crippen molar-refractivity contribution in [3.8, 4) is 11.5 Å². The van der Waals surface area contributed by atoms with Crippen LogP contribution in [-0.2, 0) is 17.8 Å². The van der Waals surface area contributed by atoms with E-state index >= 15 is 0 Å². The molecule has 0 saturated heterocycles. The fraction of sp³-hybridized carbons (Fsp3) is 0.250. The number of benzene rings is 1. The number of carbonyl (C=O) groups is 1. The van der Waals surface area contributed by atoms with Crippen LogP contribution in [0.5, 0.6) is 0 Å². The van der Waals surface area contributed by atoms with Gasteiger partial charge in [0.25, 0.3) is 0 Å². The number of aromatic nitrogens is 5. The molecule has 0 unspecified atom stereocenters. The summed E-state index contributed by atoms with van der Waals surface area (Å²) in [6.07, 6.45) is 7.47. The Labute approximate surface area is 168 Å². The lowest BCUT2D eigenvalue weighted by atomic mass is 10.1. The van der Waals surface area contributed by atoms with E-state index in [4.69, 9.17) is 0 Å². The first-order valence-corrected chi connectivity index (χ1v) is 9.94. The molecule has 0 atom stereocenters. The molecule has 144 valence electrons. The fourth-order valence-corrected chi connectivity index (χ4v) is 3.55. The van der Waals surface area contributed by atoms with E-state index < -0.39 is 0 Å². The third-order valence-electron chi connectivity index (χ3n) is 4.16. The van der Waals surface area contributed by atoms with Crippen LogP contribution in [0.3, 0.4) is 0 Å². The molecule has 0 aliphatic rings. The molecular weight excluding hydrogens is 372 g/mol. The second-order valence-corrected chi connectivity index (χ2v) is 7.04. The molecule has 0 bridgehead atoms. The van der Waals surface area contributed by atoms with Crippen molar-refractivity contribution in [1.29, 1.82) is 0 Å². The van der Waals surface area contributed by atoms with Crippen molar-refractivity contribution in [3.05, 3.63) is 60.6 Å². The summed E-state index contributed by atoms with van der Waals surface area (Å²) in [4.78, 5) is 20.9. The summed E-state index contributed by atoms with van der Waals surface area (Å²) >= 11 is 1.33. The number of carbonyl (C=O) groups excluding carboxylic acids is 1. The number of hydrogen-bond donors (Lipinski definition) is 1. The first-order valence-electron chi connectivity index (χ1n) is 8.95. The quantitative estimate of drug-likeness (QED) is 0.465. The molecule has 3 rings (SSSR count). The molecule has 3 aromatic rings. The minimum Gasteiger partial charge on any atom is -0.325 e. The van der Waals surface area contributed by atoms with Gasteiger partial charge in [-0.1, -0.05) is 43.0 Å². The molecule has 0 radical (unpaired) electrons. The van der Waals surface area contributed by atoms with Crippen molar-refractivity contribution in [1.82, 2.24) is 24.7 Å². The highest BCUT2D eigenvalue weighted by Crippen LogP contribution is 2.24. The third kappa shape index (κ3) is 4.45. The second kappa shape index (κ2) is 9.27. The van der Waals surface area contributed by atoms with Crippen LogP contribution in [0.1, 0.15) is 18.1 Å². The van der Waals surface area contributed by atoms with E-state index in [9.17, 15) is 4.79 Å². The summed E-state index contributed by atoms with van der Waals surface area (Å²) in [7, 11) is 0. The third-order valence-corrected chi connectivity index (χ3v) is 5.12. The number of allylic oxidation sites excluding steroid dienone is 1. The van der Waals surface area contributed by atoms with Gasteiger partial charge in [0, 0.05) is 24.6 Å². The van der Waals surface area contributed by atoms with Gasteiger partial charge in [-0.15, -0.1) is 16.8 Å². The predicted octanol–water partition coefficient (Wildman–Crippen LogP) is 3.52. The average molecular weight is 395 g/mol. The molecular formula is C20H22N6OS. The van der Waals surface area contributed by atoms with Gasteiger partial charge in [-0.25, -0.2) is 4.98 Å². The minimum atomic E-state index is -0.0804. The molecule has 28 heavy (non-hydrogen) atoms. The second-order valence-electron chi connectivity index (χ2n) is 6.10. The van der Waals surface area contributed by atoms with Gasteiger partial charge in [-0.2, -0.15) is 0 Å². The number of rotatable bonds is 8. The number of aryl methyl sites for hydroxylation is 2. The first-order chi connectivity index (χ1) is 13.6. The highest BCUT2D eigenvalue weighted by atomic mass is 32.2. The van der Waals surface area contributed by atoms with Crippen molar-refractivity contribution in [2.75, 3.05) is 11.1 Å². The Bertz CT molecular complexity index is 970. The van der Waals surface area contributed by atoms with Gasteiger partial charge in [-0.3, -0.25) is 14.3 Å². The van der Waals surface area contributed by atoms with E-state index in [2.05, 4.69) is 39.0 Å². The van der Waals surface area contributed by atoms with E-state index in [1.165, 1.54) is 11.8 Å². The van der Waals surface area contributed by atoms with Crippen molar-refractivity contribution in [3.63, 3.8) is 0 Å². The number of thioether (sulfide) groups is 1. The first kappa shape index (κ1) is 19.8. The van der Waals surface area contributed by atoms with E-state index in [-0.39, 0.29) is 11.7 Å². The lowest BCUT2D eigenvalue weighted by molar-refractivity contribution is -0.113. The SMILES string of the molecule is C=CCn1c(SCC(=O)Nc2c(C)cccc2CC)nnc1-c1cnccn1. The summed E-state index contributed by atoms with van der Waals surface area (Å²) in [6.45, 7) is 8.38. The zero-order chi connectivity index (χ0) is 19.9.